The second-order valence-electron chi connectivity index (χ2n) is 3.94. The molecule has 0 heterocycles. The predicted octanol–water partition coefficient (Wildman–Crippen LogP) is 3.47. The van der Waals surface area contributed by atoms with Crippen LogP contribution in [0.5, 0.6) is 0 Å². The van der Waals surface area contributed by atoms with Crippen LogP contribution in [0.3, 0.4) is 0 Å². The van der Waals surface area contributed by atoms with Gasteiger partial charge in [-0.15, -0.1) is 0 Å². The molecule has 0 radical (unpaired) electrons. The number of thiocarbonyl (C=S) groups is 1. The fraction of sp³-hybridized carbons (Fsp3) is 0.417. The van der Waals surface area contributed by atoms with Gasteiger partial charge >= 0.3 is 6.18 Å². The van der Waals surface area contributed by atoms with E-state index < -0.39 is 12.6 Å². The summed E-state index contributed by atoms with van der Waals surface area (Å²) < 4.78 is 35.6. The molecule has 0 spiro atoms. The molecule has 0 bridgehead atoms. The van der Waals surface area contributed by atoms with Crippen molar-refractivity contribution in [2.75, 3.05) is 11.9 Å². The fourth-order valence-corrected chi connectivity index (χ4v) is 1.57. The summed E-state index contributed by atoms with van der Waals surface area (Å²) in [5.41, 5.74) is 7.07. The molecule has 3 N–H and O–H groups in total. The maximum absolute atomic E-state index is 11.9. The molecule has 100 valence electrons. The van der Waals surface area contributed by atoms with Crippen LogP contribution in [-0.2, 0) is 0 Å². The number of anilines is 1. The van der Waals surface area contributed by atoms with E-state index in [-0.39, 0.29) is 6.42 Å². The quantitative estimate of drug-likeness (QED) is 0.617. The fourth-order valence-electron chi connectivity index (χ4n) is 1.44. The third-order valence-electron chi connectivity index (χ3n) is 2.39. The summed E-state index contributed by atoms with van der Waals surface area (Å²) in [5.74, 6) is 0. The maximum atomic E-state index is 11.9. The van der Waals surface area contributed by atoms with Gasteiger partial charge in [0.2, 0.25) is 0 Å². The Kier molecular flexibility index (Phi) is 5.40. The number of nitrogens with one attached hydrogen (secondary N) is 1. The van der Waals surface area contributed by atoms with Crippen molar-refractivity contribution in [3.63, 3.8) is 0 Å². The molecule has 0 aliphatic carbocycles. The molecule has 6 heteroatoms. The van der Waals surface area contributed by atoms with Gasteiger partial charge in [-0.25, -0.2) is 0 Å². The summed E-state index contributed by atoms with van der Waals surface area (Å²) in [7, 11) is 0. The van der Waals surface area contributed by atoms with Gasteiger partial charge < -0.3 is 11.1 Å². The van der Waals surface area contributed by atoms with Gasteiger partial charge in [-0.05, 0) is 37.1 Å². The number of alkyl halides is 3. The van der Waals surface area contributed by atoms with Crippen LogP contribution >= 0.6 is 12.2 Å². The van der Waals surface area contributed by atoms with Crippen molar-refractivity contribution in [1.82, 2.24) is 0 Å². The molecule has 0 saturated carbocycles. The van der Waals surface area contributed by atoms with Gasteiger partial charge in [-0.3, -0.25) is 0 Å². The van der Waals surface area contributed by atoms with Crippen molar-refractivity contribution in [3.05, 3.63) is 29.8 Å². The van der Waals surface area contributed by atoms with Crippen molar-refractivity contribution in [1.29, 1.82) is 0 Å². The average Bonchev–Trinajstić information content (AvgIpc) is 2.27. The van der Waals surface area contributed by atoms with Gasteiger partial charge in [-0.2, -0.15) is 13.2 Å². The van der Waals surface area contributed by atoms with Crippen LogP contribution in [0, 0.1) is 0 Å². The Morgan fingerprint density at radius 2 is 1.78 bits per heavy atom. The van der Waals surface area contributed by atoms with Gasteiger partial charge in [-0.1, -0.05) is 12.2 Å². The first-order valence-corrected chi connectivity index (χ1v) is 6.00. The van der Waals surface area contributed by atoms with Crippen molar-refractivity contribution in [2.24, 2.45) is 5.73 Å². The van der Waals surface area contributed by atoms with Crippen LogP contribution in [0.15, 0.2) is 24.3 Å². The van der Waals surface area contributed by atoms with Crippen molar-refractivity contribution in [2.45, 2.75) is 25.4 Å². The largest absolute Gasteiger partial charge is 0.389 e. The zero-order valence-electron chi connectivity index (χ0n) is 9.76. The second-order valence-corrected chi connectivity index (χ2v) is 4.38. The molecule has 0 fully saturated rings. The molecular formula is C12H15F3N2S. The molecule has 0 aliphatic rings. The van der Waals surface area contributed by atoms with Crippen LogP contribution in [-0.4, -0.2) is 17.7 Å². The van der Waals surface area contributed by atoms with E-state index in [4.69, 9.17) is 18.0 Å². The average molecular weight is 276 g/mol. The van der Waals surface area contributed by atoms with E-state index in [9.17, 15) is 13.2 Å². The number of nitrogens with two attached hydrogens (primary N) is 1. The van der Waals surface area contributed by atoms with Crippen LogP contribution < -0.4 is 11.1 Å². The van der Waals surface area contributed by atoms with Crippen molar-refractivity contribution >= 4 is 22.9 Å². The lowest BCUT2D eigenvalue weighted by Crippen LogP contribution is -2.10. The normalized spacial score (nSPS) is 11.3. The van der Waals surface area contributed by atoms with Crippen LogP contribution in [0.2, 0.25) is 0 Å². The molecule has 0 unspecified atom stereocenters. The minimum atomic E-state index is -4.06. The monoisotopic (exact) mass is 276 g/mol. The van der Waals surface area contributed by atoms with Gasteiger partial charge in [0.15, 0.2) is 0 Å². The summed E-state index contributed by atoms with van der Waals surface area (Å²) in [4.78, 5) is 0.326. The number of unbranched alkanes of at least 4 members (excludes halogenated alkanes) is 1. The summed E-state index contributed by atoms with van der Waals surface area (Å²) in [6.07, 6.45) is -4.16. The van der Waals surface area contributed by atoms with Gasteiger partial charge in [0.05, 0.1) is 0 Å². The van der Waals surface area contributed by atoms with Gasteiger partial charge in [0.1, 0.15) is 4.99 Å². The van der Waals surface area contributed by atoms with E-state index in [0.29, 0.717) is 18.0 Å². The highest BCUT2D eigenvalue weighted by Gasteiger charge is 2.25. The SMILES string of the molecule is NC(=S)c1ccc(NCCCCC(F)(F)F)cc1. The molecule has 0 atom stereocenters. The molecule has 1 aromatic carbocycles. The van der Waals surface area contributed by atoms with Crippen molar-refractivity contribution in [3.8, 4) is 0 Å². The number of rotatable bonds is 6. The van der Waals surface area contributed by atoms with E-state index in [1.807, 2.05) is 0 Å². The highest BCUT2D eigenvalue weighted by molar-refractivity contribution is 7.80. The first-order chi connectivity index (χ1) is 8.38. The Morgan fingerprint density at radius 3 is 2.28 bits per heavy atom. The second kappa shape index (κ2) is 6.58. The zero-order valence-corrected chi connectivity index (χ0v) is 10.6. The maximum Gasteiger partial charge on any atom is 0.389 e. The Bertz CT molecular complexity index is 387. The standard InChI is InChI=1S/C12H15F3N2S/c13-12(14,15)7-1-2-8-17-10-5-3-9(4-6-10)11(16)18/h3-6,17H,1-2,7-8H2,(H2,16,18). The lowest BCUT2D eigenvalue weighted by atomic mass is 10.2. The van der Waals surface area contributed by atoms with Gasteiger partial charge in [0.25, 0.3) is 0 Å². The van der Waals surface area contributed by atoms with Crippen LogP contribution in [0.25, 0.3) is 0 Å². The Hall–Kier alpha value is -1.30. The molecule has 0 aromatic heterocycles. The minimum Gasteiger partial charge on any atom is -0.389 e. The van der Waals surface area contributed by atoms with E-state index in [1.165, 1.54) is 0 Å². The summed E-state index contributed by atoms with van der Waals surface area (Å²) in [6, 6.07) is 7.16. The topological polar surface area (TPSA) is 38.0 Å². The Balaban J connectivity index is 2.25. The molecule has 2 nitrogen and oxygen atoms in total. The van der Waals surface area contributed by atoms with Crippen LogP contribution in [0.4, 0.5) is 18.9 Å². The zero-order chi connectivity index (χ0) is 13.6. The molecule has 0 amide bonds. The first-order valence-electron chi connectivity index (χ1n) is 5.59. The lowest BCUT2D eigenvalue weighted by Gasteiger charge is -2.08. The number of hydrogen-bond acceptors (Lipinski definition) is 2. The van der Waals surface area contributed by atoms with E-state index in [1.54, 1.807) is 24.3 Å². The van der Waals surface area contributed by atoms with Crippen molar-refractivity contribution < 1.29 is 13.2 Å². The molecule has 1 aromatic rings. The summed E-state index contributed by atoms with van der Waals surface area (Å²) >= 11 is 4.81. The predicted molar refractivity (Wildman–Crippen MR) is 70.7 cm³/mol. The van der Waals surface area contributed by atoms with E-state index >= 15 is 0 Å². The summed E-state index contributed by atoms with van der Waals surface area (Å²) in [5, 5.41) is 3.05. The first kappa shape index (κ1) is 14.8. The number of hydrogen-bond donors (Lipinski definition) is 2. The molecular weight excluding hydrogens is 261 g/mol. The lowest BCUT2D eigenvalue weighted by molar-refractivity contribution is -0.135. The van der Waals surface area contributed by atoms with E-state index in [0.717, 1.165) is 11.3 Å². The Morgan fingerprint density at radius 1 is 1.17 bits per heavy atom. The smallest absolute Gasteiger partial charge is 0.389 e. The minimum absolute atomic E-state index is 0.140. The highest BCUT2D eigenvalue weighted by atomic mass is 32.1. The molecule has 0 saturated heterocycles. The Labute approximate surface area is 109 Å². The van der Waals surface area contributed by atoms with E-state index in [2.05, 4.69) is 5.32 Å². The van der Waals surface area contributed by atoms with Gasteiger partial charge in [0, 0.05) is 24.2 Å². The van der Waals surface area contributed by atoms with Crippen LogP contribution in [0.1, 0.15) is 24.8 Å². The summed E-state index contributed by atoms with van der Waals surface area (Å²) in [6.45, 7) is 0.516. The molecule has 0 aliphatic heterocycles. The third-order valence-corrected chi connectivity index (χ3v) is 2.62. The third kappa shape index (κ3) is 5.86. The number of benzene rings is 1. The highest BCUT2D eigenvalue weighted by Crippen LogP contribution is 2.22. The number of halogens is 3. The molecule has 1 rings (SSSR count). The molecule has 18 heavy (non-hydrogen) atoms.